The zero-order valence-electron chi connectivity index (χ0n) is 8.18. The lowest BCUT2D eigenvalue weighted by Gasteiger charge is -2.30. The molecule has 74 valence electrons. The molecular weight excluding hydrogens is 164 g/mol. The van der Waals surface area contributed by atoms with Gasteiger partial charge in [-0.1, -0.05) is 0 Å². The van der Waals surface area contributed by atoms with Gasteiger partial charge in [-0.25, -0.2) is 0 Å². The summed E-state index contributed by atoms with van der Waals surface area (Å²) in [6, 6.07) is 0. The van der Waals surface area contributed by atoms with E-state index in [2.05, 4.69) is 10.6 Å². The van der Waals surface area contributed by atoms with Crippen LogP contribution < -0.4 is 10.6 Å². The third-order valence-corrected chi connectivity index (χ3v) is 3.63. The topological polar surface area (TPSA) is 41.1 Å². The number of carbonyl (C=O) groups is 1. The summed E-state index contributed by atoms with van der Waals surface area (Å²) in [6.07, 6.45) is 3.38. The van der Waals surface area contributed by atoms with Crippen LogP contribution in [0.1, 0.15) is 19.3 Å². The standard InChI is InChI=1S/C10H18N2O/c1-11-10(13)4-9-7-2-3-8(9)6-12-5-7/h7-9,12H,2-6H2,1H3,(H,11,13). The van der Waals surface area contributed by atoms with Gasteiger partial charge in [0.15, 0.2) is 0 Å². The molecule has 3 nitrogen and oxygen atoms in total. The van der Waals surface area contributed by atoms with Crippen molar-refractivity contribution in [3.63, 3.8) is 0 Å². The Labute approximate surface area is 79.3 Å². The van der Waals surface area contributed by atoms with E-state index in [0.29, 0.717) is 5.92 Å². The molecule has 1 heterocycles. The molecule has 0 aromatic heterocycles. The molecule has 2 N–H and O–H groups in total. The molecule has 1 saturated carbocycles. The van der Waals surface area contributed by atoms with Crippen molar-refractivity contribution in [1.82, 2.24) is 10.6 Å². The minimum atomic E-state index is 0.212. The maximum atomic E-state index is 11.3. The van der Waals surface area contributed by atoms with Crippen molar-refractivity contribution in [2.45, 2.75) is 19.3 Å². The van der Waals surface area contributed by atoms with Crippen LogP contribution in [-0.4, -0.2) is 26.0 Å². The van der Waals surface area contributed by atoms with Gasteiger partial charge in [0, 0.05) is 13.5 Å². The fraction of sp³-hybridized carbons (Fsp3) is 0.900. The predicted octanol–water partition coefficient (Wildman–Crippen LogP) is 0.368. The van der Waals surface area contributed by atoms with E-state index in [1.54, 1.807) is 7.05 Å². The van der Waals surface area contributed by atoms with Gasteiger partial charge in [-0.15, -0.1) is 0 Å². The monoisotopic (exact) mass is 182 g/mol. The third kappa shape index (κ3) is 1.70. The average molecular weight is 182 g/mol. The van der Waals surface area contributed by atoms with E-state index in [9.17, 15) is 4.79 Å². The minimum absolute atomic E-state index is 0.212. The number of piperidine rings is 1. The van der Waals surface area contributed by atoms with Crippen LogP contribution >= 0.6 is 0 Å². The Kier molecular flexibility index (Phi) is 2.54. The van der Waals surface area contributed by atoms with Crippen molar-refractivity contribution in [2.24, 2.45) is 17.8 Å². The molecule has 1 aliphatic heterocycles. The number of hydrogen-bond donors (Lipinski definition) is 2. The van der Waals surface area contributed by atoms with Crippen LogP contribution in [0.2, 0.25) is 0 Å². The van der Waals surface area contributed by atoms with Gasteiger partial charge < -0.3 is 10.6 Å². The molecule has 1 amide bonds. The first-order valence-electron chi connectivity index (χ1n) is 5.22. The van der Waals surface area contributed by atoms with Gasteiger partial charge in [0.2, 0.25) is 5.91 Å². The Bertz CT molecular complexity index is 189. The van der Waals surface area contributed by atoms with Gasteiger partial charge in [0.1, 0.15) is 0 Å². The molecule has 1 saturated heterocycles. The minimum Gasteiger partial charge on any atom is -0.359 e. The molecular formula is C10H18N2O. The number of hydrogen-bond acceptors (Lipinski definition) is 2. The molecule has 2 unspecified atom stereocenters. The molecule has 0 aromatic carbocycles. The lowest BCUT2D eigenvalue weighted by atomic mass is 9.83. The van der Waals surface area contributed by atoms with Gasteiger partial charge in [-0.05, 0) is 43.7 Å². The van der Waals surface area contributed by atoms with Crippen molar-refractivity contribution in [1.29, 1.82) is 0 Å². The van der Waals surface area contributed by atoms with Crippen molar-refractivity contribution < 1.29 is 4.79 Å². The summed E-state index contributed by atoms with van der Waals surface area (Å²) in [5, 5.41) is 6.16. The zero-order valence-corrected chi connectivity index (χ0v) is 8.18. The Balaban J connectivity index is 1.95. The summed E-state index contributed by atoms with van der Waals surface area (Å²) in [7, 11) is 1.73. The molecule has 2 fully saturated rings. The number of nitrogens with one attached hydrogen (secondary N) is 2. The second kappa shape index (κ2) is 3.66. The first kappa shape index (κ1) is 9.00. The van der Waals surface area contributed by atoms with E-state index in [-0.39, 0.29) is 5.91 Å². The van der Waals surface area contributed by atoms with Gasteiger partial charge in [0.05, 0.1) is 0 Å². The van der Waals surface area contributed by atoms with Gasteiger partial charge in [0.25, 0.3) is 0 Å². The van der Waals surface area contributed by atoms with Crippen LogP contribution in [0.25, 0.3) is 0 Å². The molecule has 2 bridgehead atoms. The fourth-order valence-corrected chi connectivity index (χ4v) is 2.85. The molecule has 0 aromatic rings. The third-order valence-electron chi connectivity index (χ3n) is 3.63. The first-order valence-corrected chi connectivity index (χ1v) is 5.22. The lowest BCUT2D eigenvalue weighted by Crippen LogP contribution is -2.40. The van der Waals surface area contributed by atoms with Gasteiger partial charge >= 0.3 is 0 Å². The average Bonchev–Trinajstić information content (AvgIpc) is 2.41. The van der Waals surface area contributed by atoms with Crippen LogP contribution in [0.3, 0.4) is 0 Å². The summed E-state index contributed by atoms with van der Waals surface area (Å²) < 4.78 is 0. The Morgan fingerprint density at radius 2 is 2.00 bits per heavy atom. The molecule has 0 radical (unpaired) electrons. The maximum absolute atomic E-state index is 11.3. The molecule has 0 spiro atoms. The van der Waals surface area contributed by atoms with E-state index in [0.717, 1.165) is 31.3 Å². The van der Waals surface area contributed by atoms with E-state index in [4.69, 9.17) is 0 Å². The highest BCUT2D eigenvalue weighted by atomic mass is 16.1. The van der Waals surface area contributed by atoms with Crippen LogP contribution in [0, 0.1) is 17.8 Å². The SMILES string of the molecule is CNC(=O)CC1C2CCC1CNC2. The van der Waals surface area contributed by atoms with Crippen LogP contribution in [-0.2, 0) is 4.79 Å². The lowest BCUT2D eigenvalue weighted by molar-refractivity contribution is -0.122. The number of carbonyl (C=O) groups excluding carboxylic acids is 1. The quantitative estimate of drug-likeness (QED) is 0.648. The first-order chi connectivity index (χ1) is 6.31. The second-order valence-electron chi connectivity index (χ2n) is 4.30. The molecule has 2 rings (SSSR count). The summed E-state index contributed by atoms with van der Waals surface area (Å²) in [5.41, 5.74) is 0. The van der Waals surface area contributed by atoms with Crippen molar-refractivity contribution in [3.8, 4) is 0 Å². The van der Waals surface area contributed by atoms with Crippen molar-refractivity contribution in [3.05, 3.63) is 0 Å². The summed E-state index contributed by atoms with van der Waals surface area (Å²) >= 11 is 0. The van der Waals surface area contributed by atoms with E-state index in [1.807, 2.05) is 0 Å². The Morgan fingerprint density at radius 1 is 1.38 bits per heavy atom. The van der Waals surface area contributed by atoms with Crippen LogP contribution in [0.5, 0.6) is 0 Å². The number of rotatable bonds is 2. The van der Waals surface area contributed by atoms with E-state index >= 15 is 0 Å². The molecule has 13 heavy (non-hydrogen) atoms. The van der Waals surface area contributed by atoms with Crippen molar-refractivity contribution >= 4 is 5.91 Å². The Hall–Kier alpha value is -0.570. The molecule has 2 atom stereocenters. The summed E-state index contributed by atoms with van der Waals surface area (Å²) in [4.78, 5) is 11.3. The highest BCUT2D eigenvalue weighted by Crippen LogP contribution is 2.40. The Morgan fingerprint density at radius 3 is 2.54 bits per heavy atom. The largest absolute Gasteiger partial charge is 0.359 e. The number of amides is 1. The highest BCUT2D eigenvalue weighted by Gasteiger charge is 2.39. The smallest absolute Gasteiger partial charge is 0.220 e. The number of fused-ring (bicyclic) bond motifs is 2. The summed E-state index contributed by atoms with van der Waals surface area (Å²) in [6.45, 7) is 2.25. The molecule has 2 aliphatic rings. The van der Waals surface area contributed by atoms with Crippen molar-refractivity contribution in [2.75, 3.05) is 20.1 Å². The molecule has 1 aliphatic carbocycles. The van der Waals surface area contributed by atoms with Gasteiger partial charge in [-0.3, -0.25) is 4.79 Å². The van der Waals surface area contributed by atoms with Crippen LogP contribution in [0.4, 0.5) is 0 Å². The van der Waals surface area contributed by atoms with E-state index in [1.165, 1.54) is 12.8 Å². The van der Waals surface area contributed by atoms with E-state index < -0.39 is 0 Å². The highest BCUT2D eigenvalue weighted by molar-refractivity contribution is 5.75. The summed E-state index contributed by atoms with van der Waals surface area (Å²) in [5.74, 6) is 2.39. The molecule has 3 heteroatoms. The zero-order chi connectivity index (χ0) is 9.26. The maximum Gasteiger partial charge on any atom is 0.220 e. The fourth-order valence-electron chi connectivity index (χ4n) is 2.85. The van der Waals surface area contributed by atoms with Gasteiger partial charge in [-0.2, -0.15) is 0 Å². The van der Waals surface area contributed by atoms with Crippen LogP contribution in [0.15, 0.2) is 0 Å². The predicted molar refractivity (Wildman–Crippen MR) is 51.3 cm³/mol. The second-order valence-corrected chi connectivity index (χ2v) is 4.30. The normalized spacial score (nSPS) is 37.5.